The second-order valence-electron chi connectivity index (χ2n) is 10.6. The Morgan fingerprint density at radius 2 is 0.976 bits per heavy atom. The molecule has 0 bridgehead atoms. The molecule has 0 saturated heterocycles. The number of fused-ring (bicyclic) bond motifs is 5. The maximum absolute atomic E-state index is 6.93. The standard InChI is InChI=1S/C40H27NO/c1-4-12-28(13-5-1)29-20-23-33(24-21-29)41(32-17-8-3-9-18-32)37-27-26-34(30-14-6-2-7-15-30)38-36-25-22-31-16-10-11-19-35(31)39(36)42-40(37)38/h1-27H. The molecule has 0 amide bonds. The summed E-state index contributed by atoms with van der Waals surface area (Å²) >= 11 is 0. The summed E-state index contributed by atoms with van der Waals surface area (Å²) in [7, 11) is 0. The molecule has 8 aromatic rings. The Morgan fingerprint density at radius 1 is 0.381 bits per heavy atom. The quantitative estimate of drug-likeness (QED) is 0.217. The summed E-state index contributed by atoms with van der Waals surface area (Å²) in [5.74, 6) is 0. The normalized spacial score (nSPS) is 11.3. The van der Waals surface area contributed by atoms with Gasteiger partial charge in [0.2, 0.25) is 0 Å². The molecular weight excluding hydrogens is 510 g/mol. The van der Waals surface area contributed by atoms with Crippen LogP contribution in [0.4, 0.5) is 17.1 Å². The van der Waals surface area contributed by atoms with Gasteiger partial charge < -0.3 is 9.32 Å². The second-order valence-corrected chi connectivity index (χ2v) is 10.6. The first-order valence-corrected chi connectivity index (χ1v) is 14.3. The minimum absolute atomic E-state index is 0.874. The molecule has 0 saturated carbocycles. The van der Waals surface area contributed by atoms with Gasteiger partial charge in [-0.3, -0.25) is 0 Å². The molecule has 0 atom stereocenters. The monoisotopic (exact) mass is 537 g/mol. The molecule has 0 N–H and O–H groups in total. The highest BCUT2D eigenvalue weighted by molar-refractivity contribution is 6.21. The van der Waals surface area contributed by atoms with Crippen LogP contribution in [0, 0.1) is 0 Å². The SMILES string of the molecule is c1ccc(-c2ccc(N(c3ccccc3)c3ccc(-c4ccccc4)c4c3oc3c5ccccc5ccc34)cc2)cc1. The zero-order chi connectivity index (χ0) is 27.9. The number of para-hydroxylation sites is 1. The number of hydrogen-bond acceptors (Lipinski definition) is 2. The zero-order valence-electron chi connectivity index (χ0n) is 22.9. The Labute approximate surface area is 244 Å². The van der Waals surface area contributed by atoms with Gasteiger partial charge in [-0.15, -0.1) is 0 Å². The summed E-state index contributed by atoms with van der Waals surface area (Å²) in [5, 5.41) is 4.54. The average Bonchev–Trinajstić information content (AvgIpc) is 3.47. The second kappa shape index (κ2) is 10.1. The molecule has 0 aliphatic rings. The Balaban J connectivity index is 1.41. The number of rotatable bonds is 5. The minimum Gasteiger partial charge on any atom is -0.453 e. The Kier molecular flexibility index (Phi) is 5.82. The van der Waals surface area contributed by atoms with Gasteiger partial charge in [-0.1, -0.05) is 127 Å². The summed E-state index contributed by atoms with van der Waals surface area (Å²) in [4.78, 5) is 2.30. The van der Waals surface area contributed by atoms with Crippen LogP contribution in [0.1, 0.15) is 0 Å². The summed E-state index contributed by atoms with van der Waals surface area (Å²) in [5.41, 5.74) is 9.66. The molecule has 8 rings (SSSR count). The molecular formula is C40H27NO. The first kappa shape index (κ1) is 24.2. The van der Waals surface area contributed by atoms with E-state index in [1.807, 2.05) is 0 Å². The van der Waals surface area contributed by atoms with E-state index in [-0.39, 0.29) is 0 Å². The third-order valence-electron chi connectivity index (χ3n) is 8.06. The van der Waals surface area contributed by atoms with Crippen molar-refractivity contribution in [1.82, 2.24) is 0 Å². The van der Waals surface area contributed by atoms with Gasteiger partial charge in [0.1, 0.15) is 5.58 Å². The summed E-state index contributed by atoms with van der Waals surface area (Å²) in [6.07, 6.45) is 0. The number of nitrogens with zero attached hydrogens (tertiary/aromatic N) is 1. The molecule has 0 radical (unpaired) electrons. The van der Waals surface area contributed by atoms with Crippen molar-refractivity contribution in [2.45, 2.75) is 0 Å². The van der Waals surface area contributed by atoms with Crippen LogP contribution < -0.4 is 4.90 Å². The fourth-order valence-corrected chi connectivity index (χ4v) is 6.07. The zero-order valence-corrected chi connectivity index (χ0v) is 22.9. The average molecular weight is 538 g/mol. The summed E-state index contributed by atoms with van der Waals surface area (Å²) in [6.45, 7) is 0. The molecule has 2 heteroatoms. The van der Waals surface area contributed by atoms with E-state index < -0.39 is 0 Å². The van der Waals surface area contributed by atoms with E-state index >= 15 is 0 Å². The Morgan fingerprint density at radius 3 is 1.71 bits per heavy atom. The summed E-state index contributed by atoms with van der Waals surface area (Å²) < 4.78 is 6.93. The smallest absolute Gasteiger partial charge is 0.160 e. The molecule has 0 aliphatic heterocycles. The number of furan rings is 1. The topological polar surface area (TPSA) is 16.4 Å². The predicted molar refractivity (Wildman–Crippen MR) is 177 cm³/mol. The molecule has 198 valence electrons. The van der Waals surface area contributed by atoms with E-state index in [1.54, 1.807) is 0 Å². The molecule has 1 aromatic heterocycles. The van der Waals surface area contributed by atoms with Crippen LogP contribution in [0.25, 0.3) is 55.0 Å². The van der Waals surface area contributed by atoms with Crippen molar-refractivity contribution in [3.63, 3.8) is 0 Å². The van der Waals surface area contributed by atoms with E-state index in [1.165, 1.54) is 22.1 Å². The van der Waals surface area contributed by atoms with Gasteiger partial charge in [-0.05, 0) is 64.0 Å². The lowest BCUT2D eigenvalue weighted by Gasteiger charge is -2.26. The number of hydrogen-bond donors (Lipinski definition) is 0. The largest absolute Gasteiger partial charge is 0.453 e. The van der Waals surface area contributed by atoms with Gasteiger partial charge >= 0.3 is 0 Å². The fourth-order valence-electron chi connectivity index (χ4n) is 6.07. The number of benzene rings is 7. The molecule has 0 unspecified atom stereocenters. The van der Waals surface area contributed by atoms with Crippen LogP contribution in [-0.2, 0) is 0 Å². The van der Waals surface area contributed by atoms with Gasteiger partial charge in [0.15, 0.2) is 5.58 Å². The lowest BCUT2D eigenvalue weighted by Crippen LogP contribution is -2.10. The predicted octanol–water partition coefficient (Wildman–Crippen LogP) is 11.5. The molecule has 0 spiro atoms. The van der Waals surface area contributed by atoms with Crippen molar-refractivity contribution >= 4 is 49.8 Å². The van der Waals surface area contributed by atoms with E-state index in [4.69, 9.17) is 4.42 Å². The summed E-state index contributed by atoms with van der Waals surface area (Å²) in [6, 6.07) is 57.7. The van der Waals surface area contributed by atoms with Crippen LogP contribution in [0.5, 0.6) is 0 Å². The van der Waals surface area contributed by atoms with E-state index in [2.05, 4.69) is 169 Å². The minimum atomic E-state index is 0.874. The Hall–Kier alpha value is -5.60. The lowest BCUT2D eigenvalue weighted by atomic mass is 9.97. The van der Waals surface area contributed by atoms with Crippen LogP contribution in [-0.4, -0.2) is 0 Å². The van der Waals surface area contributed by atoms with Crippen molar-refractivity contribution in [3.05, 3.63) is 164 Å². The van der Waals surface area contributed by atoms with Crippen molar-refractivity contribution < 1.29 is 4.42 Å². The van der Waals surface area contributed by atoms with Crippen LogP contribution >= 0.6 is 0 Å². The molecule has 0 aliphatic carbocycles. The third kappa shape index (κ3) is 4.05. The van der Waals surface area contributed by atoms with Crippen LogP contribution in [0.3, 0.4) is 0 Å². The molecule has 7 aromatic carbocycles. The molecule has 42 heavy (non-hydrogen) atoms. The highest BCUT2D eigenvalue weighted by atomic mass is 16.3. The van der Waals surface area contributed by atoms with E-state index in [0.29, 0.717) is 0 Å². The van der Waals surface area contributed by atoms with Gasteiger partial charge in [0.25, 0.3) is 0 Å². The van der Waals surface area contributed by atoms with Crippen molar-refractivity contribution in [2.75, 3.05) is 4.90 Å². The van der Waals surface area contributed by atoms with Crippen LogP contribution in [0.15, 0.2) is 168 Å². The van der Waals surface area contributed by atoms with Crippen molar-refractivity contribution in [2.24, 2.45) is 0 Å². The van der Waals surface area contributed by atoms with Crippen molar-refractivity contribution in [3.8, 4) is 22.3 Å². The highest BCUT2D eigenvalue weighted by Crippen LogP contribution is 2.47. The van der Waals surface area contributed by atoms with Crippen LogP contribution in [0.2, 0.25) is 0 Å². The maximum atomic E-state index is 6.93. The third-order valence-corrected chi connectivity index (χ3v) is 8.06. The fraction of sp³-hybridized carbons (Fsp3) is 0. The molecule has 0 fully saturated rings. The van der Waals surface area contributed by atoms with Crippen molar-refractivity contribution in [1.29, 1.82) is 0 Å². The first-order chi connectivity index (χ1) is 20.8. The number of anilines is 3. The van der Waals surface area contributed by atoms with E-state index in [9.17, 15) is 0 Å². The van der Waals surface area contributed by atoms with Gasteiger partial charge in [0, 0.05) is 27.5 Å². The molecule has 1 heterocycles. The van der Waals surface area contributed by atoms with Gasteiger partial charge in [-0.2, -0.15) is 0 Å². The van der Waals surface area contributed by atoms with Gasteiger partial charge in [-0.25, -0.2) is 0 Å². The molecule has 2 nitrogen and oxygen atoms in total. The Bertz CT molecular complexity index is 2160. The van der Waals surface area contributed by atoms with E-state index in [0.717, 1.165) is 50.0 Å². The lowest BCUT2D eigenvalue weighted by molar-refractivity contribution is 0.673. The highest BCUT2D eigenvalue weighted by Gasteiger charge is 2.22. The maximum Gasteiger partial charge on any atom is 0.160 e. The first-order valence-electron chi connectivity index (χ1n) is 14.3. The van der Waals surface area contributed by atoms with Gasteiger partial charge in [0.05, 0.1) is 5.69 Å².